The molecule has 4 rings (SSSR count). The number of nitrogens with one attached hydrogen (secondary N) is 1. The molecule has 2 saturated heterocycles. The van der Waals surface area contributed by atoms with Crippen molar-refractivity contribution in [2.45, 2.75) is 51.2 Å². The normalized spacial score (nSPS) is 24.2. The zero-order chi connectivity index (χ0) is 19.9. The number of nitrogens with zero attached hydrogens (tertiary/aromatic N) is 4. The molecule has 1 aromatic carbocycles. The summed E-state index contributed by atoms with van der Waals surface area (Å²) < 4.78 is 0. The largest absolute Gasteiger partial charge is 0.352 e. The zero-order valence-electron chi connectivity index (χ0n) is 18.0. The molecule has 3 aliphatic heterocycles. The lowest BCUT2D eigenvalue weighted by Gasteiger charge is -2.26. The molecule has 29 heavy (non-hydrogen) atoms. The van der Waals surface area contributed by atoms with Crippen molar-refractivity contribution in [3.05, 3.63) is 47.5 Å². The minimum Gasteiger partial charge on any atom is -0.352 e. The summed E-state index contributed by atoms with van der Waals surface area (Å²) >= 11 is 0. The van der Waals surface area contributed by atoms with E-state index in [-0.39, 0.29) is 0 Å². The van der Waals surface area contributed by atoms with Gasteiger partial charge in [-0.1, -0.05) is 49.3 Å². The van der Waals surface area contributed by atoms with Crippen LogP contribution >= 0.6 is 0 Å². The van der Waals surface area contributed by atoms with Crippen LogP contribution in [0.15, 0.2) is 41.4 Å². The lowest BCUT2D eigenvalue weighted by Crippen LogP contribution is -2.42. The van der Waals surface area contributed by atoms with E-state index in [1.807, 2.05) is 7.05 Å². The highest BCUT2D eigenvalue weighted by molar-refractivity contribution is 5.80. The second-order valence-electron chi connectivity index (χ2n) is 8.67. The maximum absolute atomic E-state index is 4.59. The molecule has 0 aromatic heterocycles. The number of benzene rings is 1. The number of guanidine groups is 1. The molecule has 0 radical (unpaired) electrons. The third kappa shape index (κ3) is 5.40. The number of aliphatic imine (C=N–C) groups is 1. The molecule has 2 fully saturated rings. The molecular formula is C24H37N5. The van der Waals surface area contributed by atoms with E-state index in [1.165, 1.54) is 56.3 Å². The Balaban J connectivity index is 1.33. The summed E-state index contributed by atoms with van der Waals surface area (Å²) in [4.78, 5) is 12.2. The lowest BCUT2D eigenvalue weighted by molar-refractivity contribution is 0.259. The van der Waals surface area contributed by atoms with E-state index >= 15 is 0 Å². The number of hydrogen-bond acceptors (Lipinski definition) is 3. The molecule has 1 N–H and O–H groups in total. The van der Waals surface area contributed by atoms with E-state index in [9.17, 15) is 0 Å². The first-order chi connectivity index (χ1) is 14.3. The van der Waals surface area contributed by atoms with Crippen molar-refractivity contribution in [1.29, 1.82) is 0 Å². The molecule has 3 aliphatic rings. The lowest BCUT2D eigenvalue weighted by atomic mass is 10.1. The van der Waals surface area contributed by atoms with E-state index in [1.54, 1.807) is 0 Å². The van der Waals surface area contributed by atoms with Crippen LogP contribution in [0.4, 0.5) is 0 Å². The molecule has 5 nitrogen and oxygen atoms in total. The summed E-state index contributed by atoms with van der Waals surface area (Å²) in [7, 11) is 1.91. The second kappa shape index (κ2) is 10.3. The molecule has 1 atom stereocenters. The molecule has 0 saturated carbocycles. The maximum Gasteiger partial charge on any atom is 0.193 e. The van der Waals surface area contributed by atoms with E-state index in [2.05, 4.69) is 61.4 Å². The summed E-state index contributed by atoms with van der Waals surface area (Å²) in [5.74, 6) is 1.05. The highest BCUT2D eigenvalue weighted by Crippen LogP contribution is 2.19. The van der Waals surface area contributed by atoms with E-state index < -0.39 is 0 Å². The van der Waals surface area contributed by atoms with Gasteiger partial charge in [0.1, 0.15) is 0 Å². The molecule has 5 heteroatoms. The first-order valence-corrected chi connectivity index (χ1v) is 11.5. The van der Waals surface area contributed by atoms with Crippen LogP contribution in [-0.4, -0.2) is 73.0 Å². The van der Waals surface area contributed by atoms with Crippen LogP contribution in [0.2, 0.25) is 0 Å². The molecule has 1 unspecified atom stereocenters. The molecular weight excluding hydrogens is 358 g/mol. The molecule has 1 aromatic rings. The third-order valence-corrected chi connectivity index (χ3v) is 6.69. The van der Waals surface area contributed by atoms with Crippen molar-refractivity contribution in [2.75, 3.05) is 46.3 Å². The van der Waals surface area contributed by atoms with E-state index in [0.29, 0.717) is 6.04 Å². The van der Waals surface area contributed by atoms with Gasteiger partial charge in [0.2, 0.25) is 0 Å². The SMILES string of the molecule is CN=C(NCc1ccccc1CN1CCCCCC1)N1CCC(N2CC=CC2)C1. The molecule has 0 spiro atoms. The van der Waals surface area contributed by atoms with Crippen LogP contribution < -0.4 is 5.32 Å². The summed E-state index contributed by atoms with van der Waals surface area (Å²) in [6, 6.07) is 9.57. The quantitative estimate of drug-likeness (QED) is 0.472. The number of rotatable bonds is 5. The fraction of sp³-hybridized carbons (Fsp3) is 0.625. The van der Waals surface area contributed by atoms with Gasteiger partial charge in [0.15, 0.2) is 5.96 Å². The van der Waals surface area contributed by atoms with Crippen LogP contribution in [-0.2, 0) is 13.1 Å². The van der Waals surface area contributed by atoms with Gasteiger partial charge in [-0.05, 0) is 43.5 Å². The van der Waals surface area contributed by atoms with Crippen molar-refractivity contribution < 1.29 is 0 Å². The minimum absolute atomic E-state index is 0.652. The monoisotopic (exact) mass is 395 g/mol. The fourth-order valence-electron chi connectivity index (χ4n) is 4.95. The number of hydrogen-bond donors (Lipinski definition) is 1. The minimum atomic E-state index is 0.652. The second-order valence-corrected chi connectivity index (χ2v) is 8.67. The Labute approximate surface area is 176 Å². The van der Waals surface area contributed by atoms with Gasteiger partial charge in [-0.25, -0.2) is 0 Å². The van der Waals surface area contributed by atoms with Crippen LogP contribution in [0.3, 0.4) is 0 Å². The molecule has 3 heterocycles. The van der Waals surface area contributed by atoms with Gasteiger partial charge < -0.3 is 10.2 Å². The van der Waals surface area contributed by atoms with Crippen molar-refractivity contribution >= 4 is 5.96 Å². The van der Waals surface area contributed by atoms with Crippen molar-refractivity contribution in [3.63, 3.8) is 0 Å². The van der Waals surface area contributed by atoms with Crippen LogP contribution in [0.25, 0.3) is 0 Å². The topological polar surface area (TPSA) is 34.1 Å². The van der Waals surface area contributed by atoms with Gasteiger partial charge >= 0.3 is 0 Å². The summed E-state index contributed by atoms with van der Waals surface area (Å²) in [6.45, 7) is 8.79. The smallest absolute Gasteiger partial charge is 0.193 e. The van der Waals surface area contributed by atoms with Crippen molar-refractivity contribution in [1.82, 2.24) is 20.0 Å². The standard InChI is InChI=1S/C24H37N5/c1-25-24(29-17-12-23(20-29)28-15-8-9-16-28)26-18-21-10-4-5-11-22(21)19-27-13-6-2-3-7-14-27/h4-5,8-11,23H,2-3,6-7,12-20H2,1H3,(H,25,26). The van der Waals surface area contributed by atoms with Gasteiger partial charge in [-0.15, -0.1) is 0 Å². The van der Waals surface area contributed by atoms with Gasteiger partial charge in [0, 0.05) is 52.4 Å². The average Bonchev–Trinajstić information content (AvgIpc) is 3.38. The molecule has 0 amide bonds. The van der Waals surface area contributed by atoms with E-state index in [0.717, 1.165) is 45.2 Å². The van der Waals surface area contributed by atoms with Crippen molar-refractivity contribution in [2.24, 2.45) is 4.99 Å². The van der Waals surface area contributed by atoms with Crippen molar-refractivity contribution in [3.8, 4) is 0 Å². The average molecular weight is 396 g/mol. The van der Waals surface area contributed by atoms with Gasteiger partial charge in [0.25, 0.3) is 0 Å². The van der Waals surface area contributed by atoms with Gasteiger partial charge in [0.05, 0.1) is 0 Å². The zero-order valence-corrected chi connectivity index (χ0v) is 18.0. The molecule has 158 valence electrons. The Hall–Kier alpha value is -1.85. The number of likely N-dealkylation sites (tertiary alicyclic amines) is 2. The predicted molar refractivity (Wildman–Crippen MR) is 121 cm³/mol. The van der Waals surface area contributed by atoms with Crippen LogP contribution in [0.1, 0.15) is 43.2 Å². The Morgan fingerprint density at radius 3 is 2.45 bits per heavy atom. The highest BCUT2D eigenvalue weighted by atomic mass is 15.3. The van der Waals surface area contributed by atoms with Crippen LogP contribution in [0.5, 0.6) is 0 Å². The predicted octanol–water partition coefficient (Wildman–Crippen LogP) is 3.08. The van der Waals surface area contributed by atoms with Gasteiger partial charge in [-0.3, -0.25) is 14.8 Å². The first-order valence-electron chi connectivity index (χ1n) is 11.5. The summed E-state index contributed by atoms with van der Waals surface area (Å²) in [5.41, 5.74) is 2.86. The summed E-state index contributed by atoms with van der Waals surface area (Å²) in [5, 5.41) is 3.65. The highest BCUT2D eigenvalue weighted by Gasteiger charge is 2.29. The Morgan fingerprint density at radius 1 is 1.00 bits per heavy atom. The summed E-state index contributed by atoms with van der Waals surface area (Å²) in [6.07, 6.45) is 11.3. The first kappa shape index (κ1) is 20.4. The fourth-order valence-corrected chi connectivity index (χ4v) is 4.95. The Kier molecular flexibility index (Phi) is 7.23. The maximum atomic E-state index is 4.59. The Bertz CT molecular complexity index is 697. The van der Waals surface area contributed by atoms with E-state index in [4.69, 9.17) is 0 Å². The molecule has 0 aliphatic carbocycles. The Morgan fingerprint density at radius 2 is 1.72 bits per heavy atom. The molecule has 0 bridgehead atoms. The van der Waals surface area contributed by atoms with Crippen LogP contribution in [0, 0.1) is 0 Å². The van der Waals surface area contributed by atoms with Gasteiger partial charge in [-0.2, -0.15) is 0 Å². The third-order valence-electron chi connectivity index (χ3n) is 6.69.